The number of hydrogen-bond donors (Lipinski definition) is 1. The molecule has 20 heavy (non-hydrogen) atoms. The lowest BCUT2D eigenvalue weighted by Gasteiger charge is -2.13. The summed E-state index contributed by atoms with van der Waals surface area (Å²) in [4.78, 5) is 21.8. The van der Waals surface area contributed by atoms with Crippen molar-refractivity contribution in [2.24, 2.45) is 0 Å². The van der Waals surface area contributed by atoms with Crippen molar-refractivity contribution in [2.45, 2.75) is 25.9 Å². The first-order valence-corrected chi connectivity index (χ1v) is 6.03. The van der Waals surface area contributed by atoms with E-state index in [9.17, 15) is 18.0 Å². The molecule has 1 N–H and O–H groups in total. The fraction of sp³-hybridized carbons (Fsp3) is 0.308. The highest BCUT2D eigenvalue weighted by Gasteiger charge is 2.34. The lowest BCUT2D eigenvalue weighted by Crippen LogP contribution is -2.16. The lowest BCUT2D eigenvalue weighted by atomic mass is 10.0. The van der Waals surface area contributed by atoms with E-state index in [1.165, 1.54) is 0 Å². The van der Waals surface area contributed by atoms with Gasteiger partial charge in [-0.2, -0.15) is 13.2 Å². The standard InChI is InChI=1S/C13H12F3N3O/c1-2-3-8-11(18-7-19-12(8)20)9-6-17-5-4-10(9)13(14,15)16/h4-7H,2-3H2,1H3,(H,18,19,20). The normalized spacial score (nSPS) is 11.6. The van der Waals surface area contributed by atoms with Crippen molar-refractivity contribution < 1.29 is 13.2 Å². The van der Waals surface area contributed by atoms with Crippen molar-refractivity contribution in [3.05, 3.63) is 46.3 Å². The van der Waals surface area contributed by atoms with Gasteiger partial charge in [0.1, 0.15) is 0 Å². The molecular formula is C13H12F3N3O. The number of pyridine rings is 1. The third-order valence-corrected chi connectivity index (χ3v) is 2.83. The third kappa shape index (κ3) is 2.71. The molecule has 0 atom stereocenters. The Morgan fingerprint density at radius 3 is 2.75 bits per heavy atom. The monoisotopic (exact) mass is 283 g/mol. The minimum absolute atomic E-state index is 0.0380. The Hall–Kier alpha value is -2.18. The van der Waals surface area contributed by atoms with Crippen LogP contribution in [0.1, 0.15) is 24.5 Å². The maximum atomic E-state index is 13.0. The molecule has 2 aromatic rings. The molecule has 7 heteroatoms. The van der Waals surface area contributed by atoms with Gasteiger partial charge in [-0.3, -0.25) is 9.78 Å². The third-order valence-electron chi connectivity index (χ3n) is 2.83. The van der Waals surface area contributed by atoms with Crippen LogP contribution in [0.2, 0.25) is 0 Å². The Morgan fingerprint density at radius 1 is 1.35 bits per heavy atom. The largest absolute Gasteiger partial charge is 0.417 e. The Kier molecular flexibility index (Phi) is 3.87. The Labute approximate surface area is 112 Å². The topological polar surface area (TPSA) is 58.6 Å². The minimum Gasteiger partial charge on any atom is -0.313 e. The zero-order valence-corrected chi connectivity index (χ0v) is 10.7. The molecule has 0 amide bonds. The molecule has 2 rings (SSSR count). The zero-order valence-electron chi connectivity index (χ0n) is 10.7. The van der Waals surface area contributed by atoms with Gasteiger partial charge in [-0.1, -0.05) is 13.3 Å². The number of nitrogens with one attached hydrogen (secondary N) is 1. The second-order valence-corrected chi connectivity index (χ2v) is 4.23. The molecular weight excluding hydrogens is 271 g/mol. The quantitative estimate of drug-likeness (QED) is 0.942. The van der Waals surface area contributed by atoms with Crippen molar-refractivity contribution in [3.8, 4) is 11.3 Å². The fourth-order valence-corrected chi connectivity index (χ4v) is 1.97. The van der Waals surface area contributed by atoms with Crippen LogP contribution < -0.4 is 5.56 Å². The van der Waals surface area contributed by atoms with Gasteiger partial charge in [0, 0.05) is 23.5 Å². The highest BCUT2D eigenvalue weighted by atomic mass is 19.4. The van der Waals surface area contributed by atoms with Crippen LogP contribution in [0.5, 0.6) is 0 Å². The number of aromatic amines is 1. The number of halogens is 3. The second kappa shape index (κ2) is 5.44. The summed E-state index contributed by atoms with van der Waals surface area (Å²) >= 11 is 0. The van der Waals surface area contributed by atoms with E-state index >= 15 is 0 Å². The Balaban J connectivity index is 2.70. The van der Waals surface area contributed by atoms with E-state index in [2.05, 4.69) is 15.0 Å². The molecule has 0 bridgehead atoms. The summed E-state index contributed by atoms with van der Waals surface area (Å²) in [7, 11) is 0. The van der Waals surface area contributed by atoms with Crippen LogP contribution in [0.4, 0.5) is 13.2 Å². The van der Waals surface area contributed by atoms with Crippen molar-refractivity contribution in [1.82, 2.24) is 15.0 Å². The molecule has 0 aromatic carbocycles. The molecule has 0 saturated heterocycles. The van der Waals surface area contributed by atoms with E-state index in [4.69, 9.17) is 0 Å². The summed E-state index contributed by atoms with van der Waals surface area (Å²) in [5.41, 5.74) is -1.16. The average molecular weight is 283 g/mol. The van der Waals surface area contributed by atoms with Crippen LogP contribution in [0.15, 0.2) is 29.6 Å². The highest BCUT2D eigenvalue weighted by Crippen LogP contribution is 2.36. The maximum absolute atomic E-state index is 13.0. The van der Waals surface area contributed by atoms with E-state index in [1.54, 1.807) is 0 Å². The van der Waals surface area contributed by atoms with Crippen LogP contribution in [0.3, 0.4) is 0 Å². The number of hydrogen-bond acceptors (Lipinski definition) is 3. The summed E-state index contributed by atoms with van der Waals surface area (Å²) in [5, 5.41) is 0. The second-order valence-electron chi connectivity index (χ2n) is 4.23. The molecule has 106 valence electrons. The van der Waals surface area contributed by atoms with Crippen molar-refractivity contribution in [3.63, 3.8) is 0 Å². The maximum Gasteiger partial charge on any atom is 0.417 e. The summed E-state index contributed by atoms with van der Waals surface area (Å²) in [6.45, 7) is 1.84. The first-order valence-electron chi connectivity index (χ1n) is 6.03. The van der Waals surface area contributed by atoms with Gasteiger partial charge in [-0.25, -0.2) is 4.98 Å². The first kappa shape index (κ1) is 14.2. The summed E-state index contributed by atoms with van der Waals surface area (Å²) < 4.78 is 39.0. The van der Waals surface area contributed by atoms with E-state index in [0.29, 0.717) is 12.8 Å². The highest BCUT2D eigenvalue weighted by molar-refractivity contribution is 5.66. The van der Waals surface area contributed by atoms with Crippen LogP contribution in [-0.2, 0) is 12.6 Å². The van der Waals surface area contributed by atoms with Gasteiger partial charge < -0.3 is 4.98 Å². The van der Waals surface area contributed by atoms with Gasteiger partial charge in [0.15, 0.2) is 0 Å². The molecule has 0 aliphatic heterocycles. The summed E-state index contributed by atoms with van der Waals surface area (Å²) in [5.74, 6) is 0. The predicted octanol–water partition coefficient (Wildman–Crippen LogP) is 2.80. The average Bonchev–Trinajstić information content (AvgIpc) is 2.40. The van der Waals surface area contributed by atoms with E-state index in [1.807, 2.05) is 6.92 Å². The molecule has 0 radical (unpaired) electrons. The van der Waals surface area contributed by atoms with Crippen LogP contribution in [-0.4, -0.2) is 15.0 Å². The molecule has 2 heterocycles. The molecule has 4 nitrogen and oxygen atoms in total. The van der Waals surface area contributed by atoms with E-state index in [-0.39, 0.29) is 16.8 Å². The molecule has 2 aromatic heterocycles. The molecule has 0 fully saturated rings. The predicted molar refractivity (Wildman–Crippen MR) is 67.1 cm³/mol. The summed E-state index contributed by atoms with van der Waals surface area (Å²) in [6, 6.07) is 0.883. The van der Waals surface area contributed by atoms with E-state index in [0.717, 1.165) is 24.8 Å². The van der Waals surface area contributed by atoms with E-state index < -0.39 is 17.3 Å². The Morgan fingerprint density at radius 2 is 2.10 bits per heavy atom. The van der Waals surface area contributed by atoms with Crippen molar-refractivity contribution in [1.29, 1.82) is 0 Å². The number of nitrogens with zero attached hydrogens (tertiary/aromatic N) is 2. The fourth-order valence-electron chi connectivity index (χ4n) is 1.97. The lowest BCUT2D eigenvalue weighted by molar-refractivity contribution is -0.137. The van der Waals surface area contributed by atoms with Crippen LogP contribution >= 0.6 is 0 Å². The number of rotatable bonds is 3. The molecule has 0 unspecified atom stereocenters. The number of aromatic nitrogens is 3. The first-order chi connectivity index (χ1) is 9.45. The number of H-pyrrole nitrogens is 1. The molecule has 0 aliphatic carbocycles. The smallest absolute Gasteiger partial charge is 0.313 e. The van der Waals surface area contributed by atoms with Gasteiger partial charge in [0.2, 0.25) is 0 Å². The molecule has 0 spiro atoms. The van der Waals surface area contributed by atoms with Crippen molar-refractivity contribution in [2.75, 3.05) is 0 Å². The minimum atomic E-state index is -4.52. The molecule has 0 saturated carbocycles. The van der Waals surface area contributed by atoms with Gasteiger partial charge in [0.25, 0.3) is 5.56 Å². The SMILES string of the molecule is CCCc1c(-c2cnccc2C(F)(F)F)nc[nH]c1=O. The van der Waals surface area contributed by atoms with Crippen LogP contribution in [0.25, 0.3) is 11.3 Å². The van der Waals surface area contributed by atoms with Gasteiger partial charge in [-0.15, -0.1) is 0 Å². The number of alkyl halides is 3. The van der Waals surface area contributed by atoms with Crippen molar-refractivity contribution >= 4 is 0 Å². The summed E-state index contributed by atoms with van der Waals surface area (Å²) in [6.07, 6.45) is -0.285. The Bertz CT molecular complexity index is 664. The van der Waals surface area contributed by atoms with Gasteiger partial charge in [-0.05, 0) is 12.5 Å². The van der Waals surface area contributed by atoms with Gasteiger partial charge in [0.05, 0.1) is 17.6 Å². The van der Waals surface area contributed by atoms with Gasteiger partial charge >= 0.3 is 6.18 Å². The zero-order chi connectivity index (χ0) is 14.8. The molecule has 0 aliphatic rings. The van der Waals surface area contributed by atoms with Crippen LogP contribution in [0, 0.1) is 0 Å².